The summed E-state index contributed by atoms with van der Waals surface area (Å²) in [5, 5.41) is 4.39. The number of ether oxygens (including phenoxy) is 3. The minimum atomic E-state index is -0.435. The molecule has 7 heteroatoms. The molecule has 2 aromatic rings. The van der Waals surface area contributed by atoms with Crippen molar-refractivity contribution in [2.24, 2.45) is 0 Å². The van der Waals surface area contributed by atoms with Gasteiger partial charge in [0.15, 0.2) is 0 Å². The summed E-state index contributed by atoms with van der Waals surface area (Å²) < 4.78 is 15.4. The van der Waals surface area contributed by atoms with Crippen molar-refractivity contribution in [1.29, 1.82) is 0 Å². The summed E-state index contributed by atoms with van der Waals surface area (Å²) in [6.07, 6.45) is 1.48. The van der Waals surface area contributed by atoms with Crippen molar-refractivity contribution in [3.05, 3.63) is 28.9 Å². The second-order valence-electron chi connectivity index (χ2n) is 4.69. The van der Waals surface area contributed by atoms with Gasteiger partial charge in [-0.1, -0.05) is 11.6 Å². The maximum absolute atomic E-state index is 12.2. The number of carbonyl (C=O) groups is 1. The van der Waals surface area contributed by atoms with Gasteiger partial charge in [0.2, 0.25) is 0 Å². The highest BCUT2D eigenvalue weighted by atomic mass is 35.5. The van der Waals surface area contributed by atoms with Crippen LogP contribution in [0.4, 0.5) is 5.69 Å². The van der Waals surface area contributed by atoms with Crippen LogP contribution >= 0.6 is 11.6 Å². The molecule has 0 amide bonds. The summed E-state index contributed by atoms with van der Waals surface area (Å²) in [6, 6.07) is 3.45. The van der Waals surface area contributed by atoms with Crippen molar-refractivity contribution in [2.75, 3.05) is 39.3 Å². The van der Waals surface area contributed by atoms with Gasteiger partial charge in [-0.3, -0.25) is 4.98 Å². The Balaban J connectivity index is 2.58. The zero-order valence-corrected chi connectivity index (χ0v) is 14.1. The summed E-state index contributed by atoms with van der Waals surface area (Å²) in [4.78, 5) is 16.5. The van der Waals surface area contributed by atoms with Crippen molar-refractivity contribution >= 4 is 34.2 Å². The fourth-order valence-corrected chi connectivity index (χ4v) is 2.42. The Bertz CT molecular complexity index is 706. The van der Waals surface area contributed by atoms with Gasteiger partial charge in [-0.25, -0.2) is 4.79 Å². The number of fused-ring (bicyclic) bond motifs is 1. The molecule has 1 heterocycles. The van der Waals surface area contributed by atoms with Gasteiger partial charge in [-0.05, 0) is 19.1 Å². The number of rotatable bonds is 7. The van der Waals surface area contributed by atoms with E-state index in [1.807, 2.05) is 0 Å². The number of halogens is 1. The van der Waals surface area contributed by atoms with Gasteiger partial charge in [0, 0.05) is 25.2 Å². The largest absolute Gasteiger partial charge is 0.495 e. The molecule has 1 N–H and O–H groups in total. The van der Waals surface area contributed by atoms with E-state index in [9.17, 15) is 4.79 Å². The first-order chi connectivity index (χ1) is 11.1. The van der Waals surface area contributed by atoms with Crippen LogP contribution in [-0.4, -0.2) is 44.9 Å². The summed E-state index contributed by atoms with van der Waals surface area (Å²) in [5.74, 6) is 0.0764. The number of esters is 1. The summed E-state index contributed by atoms with van der Waals surface area (Å²) in [7, 11) is 3.15. The van der Waals surface area contributed by atoms with E-state index in [0.717, 1.165) is 5.39 Å². The Morgan fingerprint density at radius 1 is 1.35 bits per heavy atom. The highest BCUT2D eigenvalue weighted by Gasteiger charge is 2.18. The van der Waals surface area contributed by atoms with E-state index in [4.69, 9.17) is 25.8 Å². The van der Waals surface area contributed by atoms with Crippen LogP contribution in [-0.2, 0) is 9.47 Å². The SMILES string of the molecule is CCOC(=O)c1cnc2cc(Cl)c(OC)cc2c1NCCOC. The Morgan fingerprint density at radius 2 is 2.13 bits per heavy atom. The zero-order valence-electron chi connectivity index (χ0n) is 13.3. The average Bonchev–Trinajstić information content (AvgIpc) is 2.54. The van der Waals surface area contributed by atoms with Crippen LogP contribution < -0.4 is 10.1 Å². The van der Waals surface area contributed by atoms with E-state index >= 15 is 0 Å². The van der Waals surface area contributed by atoms with E-state index in [1.54, 1.807) is 26.2 Å². The highest BCUT2D eigenvalue weighted by Crippen LogP contribution is 2.34. The summed E-state index contributed by atoms with van der Waals surface area (Å²) in [5.41, 5.74) is 1.64. The van der Waals surface area contributed by atoms with Crippen LogP contribution in [0.3, 0.4) is 0 Å². The lowest BCUT2D eigenvalue weighted by atomic mass is 10.1. The Morgan fingerprint density at radius 3 is 2.78 bits per heavy atom. The minimum absolute atomic E-state index is 0.290. The Labute approximate surface area is 139 Å². The van der Waals surface area contributed by atoms with Crippen molar-refractivity contribution in [3.8, 4) is 5.75 Å². The maximum atomic E-state index is 12.2. The Kier molecular flexibility index (Phi) is 6.01. The van der Waals surface area contributed by atoms with Crippen LogP contribution in [0.15, 0.2) is 18.3 Å². The molecule has 2 rings (SSSR count). The predicted molar refractivity (Wildman–Crippen MR) is 89.6 cm³/mol. The lowest BCUT2D eigenvalue weighted by Crippen LogP contribution is -2.14. The van der Waals surface area contributed by atoms with Crippen molar-refractivity contribution < 1.29 is 19.0 Å². The van der Waals surface area contributed by atoms with Crippen molar-refractivity contribution in [1.82, 2.24) is 4.98 Å². The monoisotopic (exact) mass is 338 g/mol. The van der Waals surface area contributed by atoms with Gasteiger partial charge in [0.1, 0.15) is 11.3 Å². The molecule has 6 nitrogen and oxygen atoms in total. The molecule has 0 spiro atoms. The van der Waals surface area contributed by atoms with Crippen LogP contribution in [0.5, 0.6) is 5.75 Å². The number of benzene rings is 1. The standard InChI is InChI=1S/C16H19ClN2O4/c1-4-23-16(20)11-9-19-13-8-12(17)14(22-3)7-10(13)15(11)18-5-6-21-2/h7-9H,4-6H2,1-3H3,(H,18,19). The normalized spacial score (nSPS) is 10.6. The molecule has 0 aliphatic heterocycles. The van der Waals surface area contributed by atoms with Gasteiger partial charge in [0.05, 0.1) is 36.6 Å². The van der Waals surface area contributed by atoms with Crippen LogP contribution in [0, 0.1) is 0 Å². The van der Waals surface area contributed by atoms with Crippen LogP contribution in [0.2, 0.25) is 5.02 Å². The second kappa shape index (κ2) is 7.99. The fraction of sp³-hybridized carbons (Fsp3) is 0.375. The first-order valence-corrected chi connectivity index (χ1v) is 7.56. The van der Waals surface area contributed by atoms with Crippen molar-refractivity contribution in [3.63, 3.8) is 0 Å². The number of nitrogens with one attached hydrogen (secondary N) is 1. The fourth-order valence-electron chi connectivity index (χ4n) is 2.18. The molecule has 124 valence electrons. The molecule has 0 bridgehead atoms. The molecule has 0 aliphatic rings. The van der Waals surface area contributed by atoms with Gasteiger partial charge < -0.3 is 19.5 Å². The molecular formula is C16H19ClN2O4. The van der Waals surface area contributed by atoms with Crippen LogP contribution in [0.25, 0.3) is 10.9 Å². The van der Waals surface area contributed by atoms with Gasteiger partial charge in [0.25, 0.3) is 0 Å². The molecule has 1 aromatic carbocycles. The number of hydrogen-bond acceptors (Lipinski definition) is 6. The number of hydrogen-bond donors (Lipinski definition) is 1. The number of anilines is 1. The minimum Gasteiger partial charge on any atom is -0.495 e. The zero-order chi connectivity index (χ0) is 16.8. The van der Waals surface area contributed by atoms with Gasteiger partial charge in [-0.15, -0.1) is 0 Å². The maximum Gasteiger partial charge on any atom is 0.341 e. The first-order valence-electron chi connectivity index (χ1n) is 7.18. The van der Waals surface area contributed by atoms with Crippen LogP contribution in [0.1, 0.15) is 17.3 Å². The number of methoxy groups -OCH3 is 2. The van der Waals surface area contributed by atoms with E-state index in [0.29, 0.717) is 47.3 Å². The topological polar surface area (TPSA) is 69.7 Å². The number of carbonyl (C=O) groups excluding carboxylic acids is 1. The van der Waals surface area contributed by atoms with Gasteiger partial charge in [-0.2, -0.15) is 0 Å². The molecule has 0 unspecified atom stereocenters. The van der Waals surface area contributed by atoms with E-state index in [-0.39, 0.29) is 0 Å². The smallest absolute Gasteiger partial charge is 0.341 e. The third kappa shape index (κ3) is 3.83. The first kappa shape index (κ1) is 17.3. The molecule has 0 radical (unpaired) electrons. The molecule has 0 saturated heterocycles. The summed E-state index contributed by atoms with van der Waals surface area (Å²) in [6.45, 7) is 3.08. The third-order valence-corrected chi connectivity index (χ3v) is 3.54. The molecular weight excluding hydrogens is 320 g/mol. The number of pyridine rings is 1. The second-order valence-corrected chi connectivity index (χ2v) is 5.10. The van der Waals surface area contributed by atoms with E-state index in [1.165, 1.54) is 13.3 Å². The predicted octanol–water partition coefficient (Wildman–Crippen LogP) is 3.13. The lowest BCUT2D eigenvalue weighted by Gasteiger charge is -2.15. The molecule has 0 saturated carbocycles. The molecule has 23 heavy (non-hydrogen) atoms. The molecule has 0 fully saturated rings. The Hall–Kier alpha value is -2.05. The molecule has 0 atom stereocenters. The van der Waals surface area contributed by atoms with Gasteiger partial charge >= 0.3 is 5.97 Å². The highest BCUT2D eigenvalue weighted by molar-refractivity contribution is 6.33. The quantitative estimate of drug-likeness (QED) is 0.618. The number of aromatic nitrogens is 1. The number of nitrogens with zero attached hydrogens (tertiary/aromatic N) is 1. The van der Waals surface area contributed by atoms with E-state index < -0.39 is 5.97 Å². The third-order valence-electron chi connectivity index (χ3n) is 3.24. The molecule has 1 aromatic heterocycles. The van der Waals surface area contributed by atoms with Crippen molar-refractivity contribution in [2.45, 2.75) is 6.92 Å². The van der Waals surface area contributed by atoms with E-state index in [2.05, 4.69) is 10.3 Å². The summed E-state index contributed by atoms with van der Waals surface area (Å²) >= 11 is 6.14. The molecule has 0 aliphatic carbocycles. The average molecular weight is 339 g/mol. The lowest BCUT2D eigenvalue weighted by molar-refractivity contribution is 0.0527.